The minimum atomic E-state index is -1.29. The Kier molecular flexibility index (Phi) is 8.92. The number of amides is 1. The standard InChI is InChI=1S/C17H11ClN2.C13H14F2N2O3/c1-11-4-6-15(17-13(11)3-2-8-20-17)14-7-5-12(10-19)9-16(14)18;14-9-3-8(16-5-7-1-2-7)4-10(15)12(9)13(20)17-6-11(18)19/h2-9H,1H3;3-4,7,16H,1-2,5-6H2,(H,17,20)(H,18,19). The third-order valence-electron chi connectivity index (χ3n) is 6.34. The first kappa shape index (κ1) is 28.5. The molecule has 0 aliphatic heterocycles. The third kappa shape index (κ3) is 6.90. The van der Waals surface area contributed by atoms with Crippen molar-refractivity contribution in [2.75, 3.05) is 18.4 Å². The Morgan fingerprint density at radius 1 is 1.10 bits per heavy atom. The first-order chi connectivity index (χ1) is 19.2. The summed E-state index contributed by atoms with van der Waals surface area (Å²) in [6.07, 6.45) is 3.99. The quantitative estimate of drug-likeness (QED) is 0.242. The molecule has 1 heterocycles. The van der Waals surface area contributed by atoms with Gasteiger partial charge in [0.15, 0.2) is 0 Å². The average molecular weight is 563 g/mol. The lowest BCUT2D eigenvalue weighted by atomic mass is 9.98. The molecule has 0 saturated heterocycles. The Morgan fingerprint density at radius 3 is 2.42 bits per heavy atom. The number of nitriles is 1. The number of fused-ring (bicyclic) bond motifs is 1. The monoisotopic (exact) mass is 562 g/mol. The Balaban J connectivity index is 0.000000185. The van der Waals surface area contributed by atoms with Crippen LogP contribution in [0.2, 0.25) is 5.02 Å². The van der Waals surface area contributed by atoms with Gasteiger partial charge in [0.25, 0.3) is 5.91 Å². The summed E-state index contributed by atoms with van der Waals surface area (Å²) in [6, 6.07) is 17.6. The summed E-state index contributed by atoms with van der Waals surface area (Å²) < 4.78 is 27.5. The van der Waals surface area contributed by atoms with Crippen molar-refractivity contribution in [3.63, 3.8) is 0 Å². The second-order valence-corrected chi connectivity index (χ2v) is 9.76. The molecule has 1 fully saturated rings. The van der Waals surface area contributed by atoms with Crippen molar-refractivity contribution in [2.45, 2.75) is 19.8 Å². The molecule has 1 amide bonds. The number of nitrogens with one attached hydrogen (secondary N) is 2. The van der Waals surface area contributed by atoms with Gasteiger partial charge < -0.3 is 15.7 Å². The Labute approximate surface area is 234 Å². The number of carboxylic acids is 1. The number of benzene rings is 3. The van der Waals surface area contributed by atoms with E-state index in [1.54, 1.807) is 18.3 Å². The van der Waals surface area contributed by atoms with E-state index >= 15 is 0 Å². The van der Waals surface area contributed by atoms with Gasteiger partial charge in [-0.05, 0) is 61.6 Å². The molecule has 0 atom stereocenters. The minimum absolute atomic E-state index is 0.265. The number of hydrogen-bond donors (Lipinski definition) is 3. The summed E-state index contributed by atoms with van der Waals surface area (Å²) in [5.41, 5.74) is 4.05. The van der Waals surface area contributed by atoms with E-state index in [9.17, 15) is 18.4 Å². The molecular weight excluding hydrogens is 538 g/mol. The van der Waals surface area contributed by atoms with Crippen molar-refractivity contribution in [3.05, 3.63) is 94.1 Å². The highest BCUT2D eigenvalue weighted by Crippen LogP contribution is 2.34. The molecule has 1 saturated carbocycles. The van der Waals surface area contributed by atoms with Crippen molar-refractivity contribution >= 4 is 40.1 Å². The number of aromatic nitrogens is 1. The molecule has 0 radical (unpaired) electrons. The maximum atomic E-state index is 13.7. The van der Waals surface area contributed by atoms with Crippen molar-refractivity contribution in [2.24, 2.45) is 5.92 Å². The predicted molar refractivity (Wildman–Crippen MR) is 149 cm³/mol. The number of carboxylic acid groups (broad SMARTS) is 1. The zero-order valence-corrected chi connectivity index (χ0v) is 22.2. The second-order valence-electron chi connectivity index (χ2n) is 9.35. The highest BCUT2D eigenvalue weighted by molar-refractivity contribution is 6.33. The molecule has 4 aromatic rings. The van der Waals surface area contributed by atoms with E-state index in [-0.39, 0.29) is 5.69 Å². The summed E-state index contributed by atoms with van der Waals surface area (Å²) in [7, 11) is 0. The third-order valence-corrected chi connectivity index (χ3v) is 6.65. The number of aliphatic carboxylic acids is 1. The number of hydrogen-bond acceptors (Lipinski definition) is 5. The van der Waals surface area contributed by atoms with Crippen molar-refractivity contribution in [1.29, 1.82) is 5.26 Å². The van der Waals surface area contributed by atoms with E-state index in [1.807, 2.05) is 23.5 Å². The van der Waals surface area contributed by atoms with Crippen LogP contribution < -0.4 is 10.6 Å². The maximum Gasteiger partial charge on any atom is 0.322 e. The molecule has 0 bridgehead atoms. The molecule has 3 aromatic carbocycles. The van der Waals surface area contributed by atoms with Crippen LogP contribution in [0.3, 0.4) is 0 Å². The molecule has 1 aliphatic rings. The number of carbonyl (C=O) groups is 2. The maximum absolute atomic E-state index is 13.7. The number of aryl methyl sites for hydroxylation is 1. The lowest BCUT2D eigenvalue weighted by Crippen LogP contribution is -2.30. The summed E-state index contributed by atoms with van der Waals surface area (Å²) in [6.45, 7) is 2.01. The van der Waals surface area contributed by atoms with E-state index in [2.05, 4.69) is 35.4 Å². The van der Waals surface area contributed by atoms with Crippen LogP contribution in [-0.2, 0) is 4.79 Å². The smallest absolute Gasteiger partial charge is 0.322 e. The largest absolute Gasteiger partial charge is 0.480 e. The Bertz CT molecular complexity index is 1610. The number of pyridine rings is 1. The fourth-order valence-corrected chi connectivity index (χ4v) is 4.34. The summed E-state index contributed by atoms with van der Waals surface area (Å²) in [5, 5.41) is 23.8. The van der Waals surface area contributed by atoms with Gasteiger partial charge in [0.05, 0.1) is 17.1 Å². The van der Waals surface area contributed by atoms with Crippen LogP contribution in [0, 0.1) is 35.8 Å². The number of halogens is 3. The average Bonchev–Trinajstić information content (AvgIpc) is 3.76. The van der Waals surface area contributed by atoms with Gasteiger partial charge in [-0.1, -0.05) is 35.9 Å². The molecule has 5 rings (SSSR count). The number of anilines is 1. The SMILES string of the molecule is Cc1ccc(-c2ccc(C#N)cc2Cl)c2ncccc12.O=C(O)CNC(=O)c1c(F)cc(NCC2CC2)cc1F. The van der Waals surface area contributed by atoms with Crippen LogP contribution in [0.15, 0.2) is 60.8 Å². The van der Waals surface area contributed by atoms with Crippen molar-refractivity contribution in [1.82, 2.24) is 10.3 Å². The normalized spacial score (nSPS) is 12.2. The Hall–Kier alpha value is -4.55. The zero-order chi connectivity index (χ0) is 28.8. The molecule has 1 aromatic heterocycles. The van der Waals surface area contributed by atoms with E-state index in [0.29, 0.717) is 23.0 Å². The van der Waals surface area contributed by atoms with E-state index in [1.165, 1.54) is 5.56 Å². The van der Waals surface area contributed by atoms with Crippen LogP contribution in [0.1, 0.15) is 34.3 Å². The molecule has 40 heavy (non-hydrogen) atoms. The molecule has 0 spiro atoms. The van der Waals surface area contributed by atoms with Crippen LogP contribution in [0.25, 0.3) is 22.0 Å². The van der Waals surface area contributed by atoms with Crippen molar-refractivity contribution < 1.29 is 23.5 Å². The fourth-order valence-electron chi connectivity index (χ4n) is 4.06. The number of carbonyl (C=O) groups excluding carboxylic acids is 1. The van der Waals surface area contributed by atoms with E-state index < -0.39 is 35.6 Å². The lowest BCUT2D eigenvalue weighted by Gasteiger charge is -2.10. The number of rotatable bonds is 7. The minimum Gasteiger partial charge on any atom is -0.480 e. The highest BCUT2D eigenvalue weighted by Gasteiger charge is 2.22. The predicted octanol–water partition coefficient (Wildman–Crippen LogP) is 6.34. The van der Waals surface area contributed by atoms with Gasteiger partial charge in [0.1, 0.15) is 23.7 Å². The van der Waals surface area contributed by atoms with Crippen LogP contribution in [0.4, 0.5) is 14.5 Å². The van der Waals surface area contributed by atoms with Gasteiger partial charge in [-0.25, -0.2) is 8.78 Å². The number of nitrogens with zero attached hydrogens (tertiary/aromatic N) is 2. The lowest BCUT2D eigenvalue weighted by molar-refractivity contribution is -0.135. The van der Waals surface area contributed by atoms with Gasteiger partial charge in [-0.2, -0.15) is 5.26 Å². The molecular formula is C30H25ClF2N4O3. The van der Waals surface area contributed by atoms with Crippen LogP contribution >= 0.6 is 11.6 Å². The first-order valence-corrected chi connectivity index (χ1v) is 12.8. The van der Waals surface area contributed by atoms with Gasteiger partial charge in [-0.3, -0.25) is 14.6 Å². The van der Waals surface area contributed by atoms with Gasteiger partial charge >= 0.3 is 5.97 Å². The zero-order valence-electron chi connectivity index (χ0n) is 21.5. The van der Waals surface area contributed by atoms with Crippen molar-refractivity contribution in [3.8, 4) is 17.2 Å². The summed E-state index contributed by atoms with van der Waals surface area (Å²) in [5.74, 6) is -3.88. The summed E-state index contributed by atoms with van der Waals surface area (Å²) >= 11 is 6.30. The molecule has 7 nitrogen and oxygen atoms in total. The molecule has 10 heteroatoms. The molecule has 0 unspecified atom stereocenters. The second kappa shape index (κ2) is 12.5. The summed E-state index contributed by atoms with van der Waals surface area (Å²) in [4.78, 5) is 26.3. The molecule has 1 aliphatic carbocycles. The van der Waals surface area contributed by atoms with Crippen LogP contribution in [0.5, 0.6) is 0 Å². The van der Waals surface area contributed by atoms with E-state index in [0.717, 1.165) is 47.0 Å². The Morgan fingerprint density at radius 2 is 1.80 bits per heavy atom. The highest BCUT2D eigenvalue weighted by atomic mass is 35.5. The van der Waals surface area contributed by atoms with E-state index in [4.69, 9.17) is 22.0 Å². The van der Waals surface area contributed by atoms with Gasteiger partial charge in [0, 0.05) is 40.0 Å². The van der Waals surface area contributed by atoms with Crippen LogP contribution in [-0.4, -0.2) is 35.1 Å². The topological polar surface area (TPSA) is 115 Å². The van der Waals surface area contributed by atoms with Gasteiger partial charge in [0.2, 0.25) is 0 Å². The first-order valence-electron chi connectivity index (χ1n) is 12.4. The van der Waals surface area contributed by atoms with Gasteiger partial charge in [-0.15, -0.1) is 0 Å². The molecule has 3 N–H and O–H groups in total. The fraction of sp³-hybridized carbons (Fsp3) is 0.200. The molecule has 204 valence electrons.